The van der Waals surface area contributed by atoms with Crippen LogP contribution in [-0.4, -0.2) is 42.0 Å². The summed E-state index contributed by atoms with van der Waals surface area (Å²) in [6.07, 6.45) is 4.14. The third-order valence-corrected chi connectivity index (χ3v) is 6.57. The van der Waals surface area contributed by atoms with E-state index in [0.29, 0.717) is 6.54 Å². The molecule has 1 heterocycles. The molecule has 1 saturated heterocycles. The summed E-state index contributed by atoms with van der Waals surface area (Å²) in [4.78, 5) is 17.0. The molecule has 4 rings (SSSR count). The van der Waals surface area contributed by atoms with Crippen LogP contribution in [0.15, 0.2) is 60.7 Å². The standard InChI is InChI=1S/C23H29N3O/c1-25(2)23(20-11-7-4-8-12-20)15-13-22(14-16-23)18-26(21(27)24-22)17-19-9-5-3-6-10-19/h3-12H,13-18H2,1-2H3,(H,24,27). The van der Waals surface area contributed by atoms with E-state index in [1.807, 2.05) is 23.1 Å². The monoisotopic (exact) mass is 363 g/mol. The van der Waals surface area contributed by atoms with Crippen molar-refractivity contribution in [1.29, 1.82) is 0 Å². The Morgan fingerprint density at radius 2 is 1.52 bits per heavy atom. The number of hydrogen-bond donors (Lipinski definition) is 1. The molecule has 0 unspecified atom stereocenters. The van der Waals surface area contributed by atoms with Crippen molar-refractivity contribution < 1.29 is 4.79 Å². The van der Waals surface area contributed by atoms with Gasteiger partial charge in [-0.15, -0.1) is 0 Å². The molecule has 0 bridgehead atoms. The summed E-state index contributed by atoms with van der Waals surface area (Å²) in [5.41, 5.74) is 2.55. The van der Waals surface area contributed by atoms with Gasteiger partial charge in [-0.2, -0.15) is 0 Å². The van der Waals surface area contributed by atoms with Gasteiger partial charge in [0.25, 0.3) is 0 Å². The van der Waals surface area contributed by atoms with Crippen LogP contribution in [0.2, 0.25) is 0 Å². The first-order valence-corrected chi connectivity index (χ1v) is 9.87. The molecule has 2 aromatic carbocycles. The summed E-state index contributed by atoms with van der Waals surface area (Å²) < 4.78 is 0. The van der Waals surface area contributed by atoms with Gasteiger partial charge in [0, 0.05) is 18.6 Å². The van der Waals surface area contributed by atoms with Crippen molar-refractivity contribution in [2.75, 3.05) is 20.6 Å². The number of nitrogens with zero attached hydrogens (tertiary/aromatic N) is 2. The third kappa shape index (κ3) is 3.34. The first kappa shape index (κ1) is 18.1. The van der Waals surface area contributed by atoms with Crippen LogP contribution in [0.5, 0.6) is 0 Å². The van der Waals surface area contributed by atoms with Crippen molar-refractivity contribution in [2.45, 2.75) is 43.3 Å². The molecule has 4 heteroatoms. The fourth-order valence-electron chi connectivity index (χ4n) is 4.88. The topological polar surface area (TPSA) is 35.6 Å². The average molecular weight is 364 g/mol. The van der Waals surface area contributed by atoms with Gasteiger partial charge in [0.15, 0.2) is 0 Å². The van der Waals surface area contributed by atoms with E-state index in [1.54, 1.807) is 0 Å². The van der Waals surface area contributed by atoms with Crippen LogP contribution < -0.4 is 5.32 Å². The predicted octanol–water partition coefficient (Wildman–Crippen LogP) is 3.98. The number of carbonyl (C=O) groups excluding carboxylic acids is 1. The van der Waals surface area contributed by atoms with Crippen molar-refractivity contribution in [3.8, 4) is 0 Å². The summed E-state index contributed by atoms with van der Waals surface area (Å²) in [6, 6.07) is 21.2. The van der Waals surface area contributed by atoms with E-state index in [0.717, 1.165) is 32.2 Å². The van der Waals surface area contributed by atoms with Gasteiger partial charge in [0.2, 0.25) is 0 Å². The van der Waals surface area contributed by atoms with Crippen molar-refractivity contribution in [1.82, 2.24) is 15.1 Å². The molecule has 4 nitrogen and oxygen atoms in total. The fourth-order valence-corrected chi connectivity index (χ4v) is 4.88. The van der Waals surface area contributed by atoms with E-state index >= 15 is 0 Å². The average Bonchev–Trinajstić information content (AvgIpc) is 2.99. The Morgan fingerprint density at radius 1 is 0.926 bits per heavy atom. The number of carbonyl (C=O) groups is 1. The van der Waals surface area contributed by atoms with E-state index in [4.69, 9.17) is 0 Å². The zero-order chi connectivity index (χ0) is 18.9. The Balaban J connectivity index is 1.49. The largest absolute Gasteiger partial charge is 0.331 e. The summed E-state index contributed by atoms with van der Waals surface area (Å²) in [5.74, 6) is 0. The van der Waals surface area contributed by atoms with E-state index in [9.17, 15) is 4.79 Å². The lowest BCUT2D eigenvalue weighted by molar-refractivity contribution is 0.0617. The zero-order valence-corrected chi connectivity index (χ0v) is 16.3. The van der Waals surface area contributed by atoms with Crippen molar-refractivity contribution in [2.24, 2.45) is 0 Å². The highest BCUT2D eigenvalue weighted by Crippen LogP contribution is 2.46. The molecule has 142 valence electrons. The smallest absolute Gasteiger partial charge is 0.318 e. The lowest BCUT2D eigenvalue weighted by Gasteiger charge is -2.48. The van der Waals surface area contributed by atoms with E-state index < -0.39 is 0 Å². The van der Waals surface area contributed by atoms with Gasteiger partial charge in [0.1, 0.15) is 0 Å². The highest BCUT2D eigenvalue weighted by Gasteiger charge is 2.49. The zero-order valence-electron chi connectivity index (χ0n) is 16.3. The van der Waals surface area contributed by atoms with Gasteiger partial charge in [-0.1, -0.05) is 60.7 Å². The molecule has 1 N–H and O–H groups in total. The Morgan fingerprint density at radius 3 is 2.11 bits per heavy atom. The quantitative estimate of drug-likeness (QED) is 0.892. The number of hydrogen-bond acceptors (Lipinski definition) is 2. The van der Waals surface area contributed by atoms with E-state index in [-0.39, 0.29) is 17.1 Å². The second-order valence-corrected chi connectivity index (χ2v) is 8.34. The predicted molar refractivity (Wildman–Crippen MR) is 108 cm³/mol. The molecule has 0 aromatic heterocycles. The Bertz CT molecular complexity index is 780. The first-order valence-electron chi connectivity index (χ1n) is 9.87. The molecule has 1 aliphatic carbocycles. The first-order chi connectivity index (χ1) is 13.0. The molecule has 1 aliphatic heterocycles. The van der Waals surface area contributed by atoms with Gasteiger partial charge in [0.05, 0.1) is 5.54 Å². The molecule has 2 aliphatic rings. The van der Waals surface area contributed by atoms with Crippen molar-refractivity contribution >= 4 is 6.03 Å². The summed E-state index contributed by atoms with van der Waals surface area (Å²) in [6.45, 7) is 1.49. The Hall–Kier alpha value is -2.33. The van der Waals surface area contributed by atoms with Crippen LogP contribution in [0.25, 0.3) is 0 Å². The molecular weight excluding hydrogens is 334 g/mol. The number of benzene rings is 2. The molecule has 1 saturated carbocycles. The highest BCUT2D eigenvalue weighted by molar-refractivity contribution is 5.78. The van der Waals surface area contributed by atoms with Gasteiger partial charge in [-0.05, 0) is 50.9 Å². The van der Waals surface area contributed by atoms with Crippen LogP contribution in [0.4, 0.5) is 4.79 Å². The number of amides is 2. The normalized spacial score (nSPS) is 28.0. The fraction of sp³-hybridized carbons (Fsp3) is 0.435. The van der Waals surface area contributed by atoms with Crippen LogP contribution in [-0.2, 0) is 12.1 Å². The molecule has 1 spiro atoms. The Labute approximate surface area is 162 Å². The number of urea groups is 1. The lowest BCUT2D eigenvalue weighted by atomic mass is 9.69. The summed E-state index contributed by atoms with van der Waals surface area (Å²) in [5, 5.41) is 3.34. The van der Waals surface area contributed by atoms with Crippen LogP contribution in [0.3, 0.4) is 0 Å². The molecule has 2 aromatic rings. The lowest BCUT2D eigenvalue weighted by Crippen LogP contribution is -2.54. The van der Waals surface area contributed by atoms with Crippen molar-refractivity contribution in [3.63, 3.8) is 0 Å². The number of rotatable bonds is 4. The molecule has 27 heavy (non-hydrogen) atoms. The van der Waals surface area contributed by atoms with E-state index in [2.05, 4.69) is 66.8 Å². The molecule has 2 amide bonds. The molecule has 0 radical (unpaired) electrons. The highest BCUT2D eigenvalue weighted by atomic mass is 16.2. The van der Waals surface area contributed by atoms with Crippen LogP contribution >= 0.6 is 0 Å². The summed E-state index contributed by atoms with van der Waals surface area (Å²) >= 11 is 0. The van der Waals surface area contributed by atoms with Gasteiger partial charge >= 0.3 is 6.03 Å². The molecule has 2 fully saturated rings. The van der Waals surface area contributed by atoms with Crippen LogP contribution in [0.1, 0.15) is 36.8 Å². The van der Waals surface area contributed by atoms with Gasteiger partial charge in [-0.3, -0.25) is 4.90 Å². The summed E-state index contributed by atoms with van der Waals surface area (Å²) in [7, 11) is 4.36. The molecule has 0 atom stereocenters. The maximum atomic E-state index is 12.6. The Kier molecular flexibility index (Phi) is 4.68. The van der Waals surface area contributed by atoms with Gasteiger partial charge in [-0.25, -0.2) is 4.79 Å². The van der Waals surface area contributed by atoms with Crippen molar-refractivity contribution in [3.05, 3.63) is 71.8 Å². The number of nitrogens with one attached hydrogen (secondary N) is 1. The SMILES string of the molecule is CN(C)C1(c2ccccc2)CCC2(CC1)CN(Cc1ccccc1)C(=O)N2. The van der Waals surface area contributed by atoms with E-state index in [1.165, 1.54) is 11.1 Å². The second kappa shape index (κ2) is 7.01. The third-order valence-electron chi connectivity index (χ3n) is 6.57. The molecular formula is C23H29N3O. The van der Waals surface area contributed by atoms with Crippen LogP contribution in [0, 0.1) is 0 Å². The minimum absolute atomic E-state index is 0.0596. The minimum Gasteiger partial charge on any atom is -0.331 e. The minimum atomic E-state index is -0.0832. The second-order valence-electron chi connectivity index (χ2n) is 8.34. The van der Waals surface area contributed by atoms with Gasteiger partial charge < -0.3 is 10.2 Å². The maximum absolute atomic E-state index is 12.6. The maximum Gasteiger partial charge on any atom is 0.318 e.